The lowest BCUT2D eigenvalue weighted by Crippen LogP contribution is -2.87. The number of esters is 1. The lowest BCUT2D eigenvalue weighted by Gasteiger charge is -2.71. The molecule has 11 nitrogen and oxygen atoms in total. The van der Waals surface area contributed by atoms with E-state index in [1.54, 1.807) is 44.2 Å². The highest BCUT2D eigenvalue weighted by atomic mass is 16.6. The number of para-hydroxylation sites is 1. The maximum Gasteiger partial charge on any atom is 0.412 e. The van der Waals surface area contributed by atoms with E-state index < -0.39 is 69.7 Å². The zero-order valence-corrected chi connectivity index (χ0v) is 26.3. The average molecular weight is 615 g/mol. The summed E-state index contributed by atoms with van der Waals surface area (Å²) in [6.07, 6.45) is -2.57. The molecule has 2 aliphatic heterocycles. The van der Waals surface area contributed by atoms with Gasteiger partial charge in [0.1, 0.15) is 11.7 Å². The number of hydrogen-bond acceptors (Lipinski definition) is 10. The summed E-state index contributed by atoms with van der Waals surface area (Å²) in [5.41, 5.74) is -7.26. The molecule has 1 aromatic rings. The van der Waals surface area contributed by atoms with Crippen molar-refractivity contribution in [2.24, 2.45) is 16.7 Å². The molecule has 0 bridgehead atoms. The number of anilines is 1. The van der Waals surface area contributed by atoms with Crippen LogP contribution in [-0.2, 0) is 28.5 Å². The molecule has 1 aromatic carbocycles. The molecule has 2 saturated carbocycles. The fourth-order valence-electron chi connectivity index (χ4n) is 8.48. The summed E-state index contributed by atoms with van der Waals surface area (Å²) in [7, 11) is 0. The zero-order valence-electron chi connectivity index (χ0n) is 26.3. The zero-order chi connectivity index (χ0) is 32.1. The van der Waals surface area contributed by atoms with Crippen LogP contribution in [0.25, 0.3) is 0 Å². The van der Waals surface area contributed by atoms with Crippen LogP contribution < -0.4 is 5.32 Å². The van der Waals surface area contributed by atoms with Gasteiger partial charge in [0, 0.05) is 36.5 Å². The SMILES string of the molecule is C=C[C@@]1(C)CC(=O)[C@]2(O)[C@@]3(C)[C@@H](O)CCC(C)(C)[C@@H]3[C@H](OC(=O)CN3CCOCC3)[C@H](OC(=O)Nc3ccccc3)[C@@]2(C)O1. The minimum Gasteiger partial charge on any atom is -0.457 e. The third kappa shape index (κ3) is 5.16. The van der Waals surface area contributed by atoms with Gasteiger partial charge in [-0.1, -0.05) is 45.0 Å². The first-order valence-corrected chi connectivity index (χ1v) is 15.4. The first kappa shape index (κ1) is 32.6. The van der Waals surface area contributed by atoms with Gasteiger partial charge >= 0.3 is 12.1 Å². The van der Waals surface area contributed by atoms with Crippen molar-refractivity contribution in [2.75, 3.05) is 38.2 Å². The van der Waals surface area contributed by atoms with Gasteiger partial charge < -0.3 is 29.2 Å². The van der Waals surface area contributed by atoms with E-state index in [-0.39, 0.29) is 13.0 Å². The van der Waals surface area contributed by atoms with Crippen LogP contribution in [0.3, 0.4) is 0 Å². The second-order valence-corrected chi connectivity index (χ2v) is 14.0. The van der Waals surface area contributed by atoms with E-state index in [4.69, 9.17) is 18.9 Å². The highest BCUT2D eigenvalue weighted by Gasteiger charge is 2.82. The van der Waals surface area contributed by atoms with Gasteiger partial charge in [-0.25, -0.2) is 4.79 Å². The Bertz CT molecular complexity index is 1280. The molecule has 8 atom stereocenters. The topological polar surface area (TPSA) is 144 Å². The molecule has 4 aliphatic rings. The Kier molecular flexibility index (Phi) is 8.52. The van der Waals surface area contributed by atoms with Gasteiger partial charge in [-0.05, 0) is 44.2 Å². The maximum absolute atomic E-state index is 14.3. The Hall–Kier alpha value is -2.83. The van der Waals surface area contributed by atoms with Crippen LogP contribution in [-0.4, -0.2) is 101 Å². The number of carbonyl (C=O) groups is 3. The Labute approximate surface area is 258 Å². The molecule has 2 saturated heterocycles. The number of nitrogens with one attached hydrogen (secondary N) is 1. The van der Waals surface area contributed by atoms with Crippen molar-refractivity contribution in [3.05, 3.63) is 43.0 Å². The molecule has 3 N–H and O–H groups in total. The molecule has 0 spiro atoms. The molecule has 2 aliphatic carbocycles. The lowest BCUT2D eigenvalue weighted by atomic mass is 9.39. The number of carbonyl (C=O) groups excluding carboxylic acids is 3. The van der Waals surface area contributed by atoms with Gasteiger partial charge in [0.2, 0.25) is 0 Å². The molecule has 44 heavy (non-hydrogen) atoms. The number of fused-ring (bicyclic) bond motifs is 3. The van der Waals surface area contributed by atoms with Crippen LogP contribution in [0.1, 0.15) is 53.9 Å². The molecular weight excluding hydrogens is 568 g/mol. The molecule has 242 valence electrons. The Morgan fingerprint density at radius 2 is 1.77 bits per heavy atom. The normalized spacial score (nSPS) is 40.2. The number of benzene rings is 1. The van der Waals surface area contributed by atoms with Crippen LogP contribution in [0, 0.1) is 16.7 Å². The summed E-state index contributed by atoms with van der Waals surface area (Å²) < 4.78 is 24.5. The summed E-state index contributed by atoms with van der Waals surface area (Å²) in [5, 5.41) is 27.3. The summed E-state index contributed by atoms with van der Waals surface area (Å²) in [4.78, 5) is 43.4. The number of nitrogens with zero attached hydrogens (tertiary/aromatic N) is 1. The number of Topliss-reactive ketones (excluding diaryl/α,β-unsaturated/α-hetero) is 1. The van der Waals surface area contributed by atoms with Gasteiger partial charge in [-0.15, -0.1) is 6.58 Å². The van der Waals surface area contributed by atoms with E-state index in [1.165, 1.54) is 13.0 Å². The number of ether oxygens (including phenoxy) is 4. The van der Waals surface area contributed by atoms with E-state index in [2.05, 4.69) is 11.9 Å². The fourth-order valence-corrected chi connectivity index (χ4v) is 8.48. The second-order valence-electron chi connectivity index (χ2n) is 14.0. The van der Waals surface area contributed by atoms with Crippen molar-refractivity contribution in [2.45, 2.75) is 89.0 Å². The number of hydrogen-bond donors (Lipinski definition) is 3. The molecule has 11 heteroatoms. The number of aliphatic hydroxyl groups is 2. The Balaban J connectivity index is 1.64. The van der Waals surface area contributed by atoms with Gasteiger partial charge in [0.05, 0.1) is 31.5 Å². The van der Waals surface area contributed by atoms with Crippen molar-refractivity contribution in [3.63, 3.8) is 0 Å². The van der Waals surface area contributed by atoms with E-state index in [0.717, 1.165) is 0 Å². The van der Waals surface area contributed by atoms with Crippen molar-refractivity contribution in [1.29, 1.82) is 0 Å². The molecule has 5 rings (SSSR count). The number of rotatable bonds is 6. The predicted molar refractivity (Wildman–Crippen MR) is 161 cm³/mol. The Morgan fingerprint density at radius 1 is 1.11 bits per heavy atom. The minimum absolute atomic E-state index is 0.0274. The van der Waals surface area contributed by atoms with E-state index in [9.17, 15) is 24.6 Å². The van der Waals surface area contributed by atoms with E-state index in [0.29, 0.717) is 44.8 Å². The van der Waals surface area contributed by atoms with Gasteiger partial charge in [0.15, 0.2) is 17.5 Å². The fraction of sp³-hybridized carbons (Fsp3) is 0.667. The van der Waals surface area contributed by atoms with Gasteiger partial charge in [0.25, 0.3) is 0 Å². The first-order chi connectivity index (χ1) is 20.6. The highest BCUT2D eigenvalue weighted by Crippen LogP contribution is 2.67. The second kappa shape index (κ2) is 11.5. The van der Waals surface area contributed by atoms with Gasteiger partial charge in [-0.3, -0.25) is 19.8 Å². The third-order valence-electron chi connectivity index (χ3n) is 10.7. The number of aliphatic hydroxyl groups excluding tert-OH is 1. The number of amides is 1. The smallest absolute Gasteiger partial charge is 0.412 e. The third-order valence-corrected chi connectivity index (χ3v) is 10.7. The van der Waals surface area contributed by atoms with Gasteiger partial charge in [-0.2, -0.15) is 0 Å². The van der Waals surface area contributed by atoms with Crippen LogP contribution in [0.5, 0.6) is 0 Å². The monoisotopic (exact) mass is 614 g/mol. The molecule has 4 fully saturated rings. The molecule has 0 radical (unpaired) electrons. The van der Waals surface area contributed by atoms with Crippen molar-refractivity contribution >= 4 is 23.5 Å². The van der Waals surface area contributed by atoms with Crippen LogP contribution in [0.15, 0.2) is 43.0 Å². The van der Waals surface area contributed by atoms with Crippen LogP contribution >= 0.6 is 0 Å². The lowest BCUT2D eigenvalue weighted by molar-refractivity contribution is -0.369. The predicted octanol–water partition coefficient (Wildman–Crippen LogP) is 3.09. The van der Waals surface area contributed by atoms with Crippen LogP contribution in [0.4, 0.5) is 10.5 Å². The molecule has 0 aromatic heterocycles. The average Bonchev–Trinajstić information content (AvgIpc) is 2.96. The summed E-state index contributed by atoms with van der Waals surface area (Å²) >= 11 is 0. The van der Waals surface area contributed by atoms with Crippen molar-refractivity contribution < 1.29 is 43.5 Å². The van der Waals surface area contributed by atoms with Crippen molar-refractivity contribution in [1.82, 2.24) is 4.90 Å². The summed E-state index contributed by atoms with van der Waals surface area (Å²) in [6.45, 7) is 14.7. The standard InChI is InChI=1S/C33H46N2O9/c1-7-30(4)19-23(37)33(40)31(5)22(36)13-14-29(2,3)26(31)25(42-24(38)20-35-15-17-41-18-16-35)27(32(33,6)44-30)43-28(39)34-21-11-9-8-10-12-21/h7-12,22,25-27,36,40H,1,13-20H2,2-6H3,(H,34,39)/t22-,25-,26-,27-,30-,31-,32+,33-/m0/s1. The maximum atomic E-state index is 14.3. The molecule has 0 unspecified atom stereocenters. The largest absolute Gasteiger partial charge is 0.457 e. The van der Waals surface area contributed by atoms with E-state index in [1.807, 2.05) is 18.7 Å². The highest BCUT2D eigenvalue weighted by molar-refractivity contribution is 5.93. The number of morpholine rings is 1. The quantitative estimate of drug-likeness (QED) is 0.323. The molecular formula is C33H46N2O9. The summed E-state index contributed by atoms with van der Waals surface area (Å²) in [6, 6.07) is 8.68. The number of ketones is 1. The Morgan fingerprint density at radius 3 is 2.41 bits per heavy atom. The van der Waals surface area contributed by atoms with Crippen LogP contribution in [0.2, 0.25) is 0 Å². The first-order valence-electron chi connectivity index (χ1n) is 15.4. The minimum atomic E-state index is -2.32. The molecule has 1 amide bonds. The van der Waals surface area contributed by atoms with Crippen molar-refractivity contribution in [3.8, 4) is 0 Å². The molecule has 2 heterocycles. The van der Waals surface area contributed by atoms with E-state index >= 15 is 0 Å². The summed E-state index contributed by atoms with van der Waals surface area (Å²) in [5.74, 6) is -1.93.